The van der Waals surface area contributed by atoms with Crippen LogP contribution in [0.5, 0.6) is 5.75 Å². The summed E-state index contributed by atoms with van der Waals surface area (Å²) in [6.45, 7) is 0.805. The average Bonchev–Trinajstić information content (AvgIpc) is 2.29. The minimum Gasteiger partial charge on any atom is -0.489 e. The molecule has 0 saturated heterocycles. The van der Waals surface area contributed by atoms with E-state index in [1.165, 1.54) is 34.6 Å². The summed E-state index contributed by atoms with van der Waals surface area (Å²) >= 11 is 1.99. The van der Waals surface area contributed by atoms with Crippen molar-refractivity contribution < 1.29 is 4.74 Å². The maximum absolute atomic E-state index is 5.72. The van der Waals surface area contributed by atoms with Crippen molar-refractivity contribution in [2.75, 3.05) is 12.4 Å². The predicted molar refractivity (Wildman–Crippen MR) is 60.5 cm³/mol. The van der Waals surface area contributed by atoms with Crippen molar-refractivity contribution in [3.05, 3.63) is 35.4 Å². The fourth-order valence-corrected chi connectivity index (χ4v) is 3.21. The molecule has 0 amide bonds. The van der Waals surface area contributed by atoms with Crippen LogP contribution in [0, 0.1) is 0 Å². The lowest BCUT2D eigenvalue weighted by Gasteiger charge is -2.26. The van der Waals surface area contributed by atoms with E-state index in [9.17, 15) is 0 Å². The van der Waals surface area contributed by atoms with Crippen molar-refractivity contribution >= 4 is 16.7 Å². The summed E-state index contributed by atoms with van der Waals surface area (Å²) in [4.78, 5) is 1.48. The van der Waals surface area contributed by atoms with Crippen LogP contribution < -0.4 is 4.74 Å². The summed E-state index contributed by atoms with van der Waals surface area (Å²) in [7, 11) is 0. The smallest absolute Gasteiger partial charge is 0.128 e. The fourth-order valence-electron chi connectivity index (χ4n) is 2.03. The van der Waals surface area contributed by atoms with Crippen molar-refractivity contribution in [1.29, 1.82) is 0 Å². The maximum Gasteiger partial charge on any atom is 0.128 e. The molecule has 0 spiro atoms. The van der Waals surface area contributed by atoms with E-state index < -0.39 is 0 Å². The Hall–Kier alpha value is -0.890. The van der Waals surface area contributed by atoms with Crippen LogP contribution in [-0.4, -0.2) is 12.4 Å². The molecule has 0 N–H and O–H groups in total. The molecule has 1 nitrogen and oxygen atoms in total. The van der Waals surface area contributed by atoms with Gasteiger partial charge in [0, 0.05) is 10.5 Å². The third-order valence-electron chi connectivity index (χ3n) is 2.72. The van der Waals surface area contributed by atoms with Crippen LogP contribution >= 0.6 is 11.8 Å². The number of benzene rings is 1. The minimum atomic E-state index is 0.805. The summed E-state index contributed by atoms with van der Waals surface area (Å²) in [6, 6.07) is 8.36. The number of thioether (sulfide) groups is 1. The second kappa shape index (κ2) is 3.35. The third-order valence-corrected chi connectivity index (χ3v) is 4.01. The molecule has 0 unspecified atom stereocenters. The van der Waals surface area contributed by atoms with E-state index in [1.54, 1.807) is 0 Å². The highest BCUT2D eigenvalue weighted by Crippen LogP contribution is 2.43. The molecule has 14 heavy (non-hydrogen) atoms. The summed E-state index contributed by atoms with van der Waals surface area (Å²) in [5.41, 5.74) is 2.80. The standard InChI is InChI=1S/C12H12OS/c1-2-6-11-10(5-1)12-9(8-13-11)4-3-7-14-12/h1-2,5-6H,3-4,7-8H2. The van der Waals surface area contributed by atoms with Gasteiger partial charge in [-0.3, -0.25) is 0 Å². The first-order valence-electron chi connectivity index (χ1n) is 5.02. The van der Waals surface area contributed by atoms with Crippen LogP contribution in [0.1, 0.15) is 18.4 Å². The molecule has 0 saturated carbocycles. The Morgan fingerprint density at radius 3 is 3.14 bits per heavy atom. The van der Waals surface area contributed by atoms with E-state index in [0.717, 1.165) is 12.4 Å². The molecule has 1 aromatic carbocycles. The van der Waals surface area contributed by atoms with Crippen molar-refractivity contribution in [3.63, 3.8) is 0 Å². The highest BCUT2D eigenvalue weighted by molar-refractivity contribution is 8.08. The van der Waals surface area contributed by atoms with E-state index in [-0.39, 0.29) is 0 Å². The largest absolute Gasteiger partial charge is 0.489 e. The first-order valence-corrected chi connectivity index (χ1v) is 6.01. The monoisotopic (exact) mass is 204 g/mol. The van der Waals surface area contributed by atoms with Crippen molar-refractivity contribution in [1.82, 2.24) is 0 Å². The molecular weight excluding hydrogens is 192 g/mol. The summed E-state index contributed by atoms with van der Waals surface area (Å²) < 4.78 is 5.72. The molecule has 0 aromatic heterocycles. The van der Waals surface area contributed by atoms with Gasteiger partial charge in [0.2, 0.25) is 0 Å². The lowest BCUT2D eigenvalue weighted by atomic mass is 10.0. The molecule has 0 fully saturated rings. The lowest BCUT2D eigenvalue weighted by Crippen LogP contribution is -2.13. The first-order chi connectivity index (χ1) is 6.95. The lowest BCUT2D eigenvalue weighted by molar-refractivity contribution is 0.341. The summed E-state index contributed by atoms with van der Waals surface area (Å²) in [5.74, 6) is 2.31. The Morgan fingerprint density at radius 2 is 2.14 bits per heavy atom. The van der Waals surface area contributed by atoms with Crippen LogP contribution in [0.4, 0.5) is 0 Å². The van der Waals surface area contributed by atoms with Crippen LogP contribution in [0.2, 0.25) is 0 Å². The fraction of sp³-hybridized carbons (Fsp3) is 0.333. The highest BCUT2D eigenvalue weighted by Gasteiger charge is 2.22. The number of para-hydroxylation sites is 1. The zero-order chi connectivity index (χ0) is 9.38. The van der Waals surface area contributed by atoms with Gasteiger partial charge in [0.25, 0.3) is 0 Å². The molecule has 0 radical (unpaired) electrons. The molecule has 0 atom stereocenters. The average molecular weight is 204 g/mol. The van der Waals surface area contributed by atoms with Gasteiger partial charge in [0.1, 0.15) is 12.4 Å². The van der Waals surface area contributed by atoms with Gasteiger partial charge in [-0.05, 0) is 30.2 Å². The molecule has 3 rings (SSSR count). The molecule has 0 bridgehead atoms. The van der Waals surface area contributed by atoms with Gasteiger partial charge in [-0.2, -0.15) is 0 Å². The summed E-state index contributed by atoms with van der Waals surface area (Å²) in [6.07, 6.45) is 2.52. The molecule has 0 aliphatic carbocycles. The molecule has 2 aliphatic rings. The van der Waals surface area contributed by atoms with Gasteiger partial charge in [0.05, 0.1) is 0 Å². The quantitative estimate of drug-likeness (QED) is 0.641. The molecule has 2 heteroatoms. The van der Waals surface area contributed by atoms with Gasteiger partial charge in [-0.1, -0.05) is 18.2 Å². The number of rotatable bonds is 0. The van der Waals surface area contributed by atoms with Gasteiger partial charge < -0.3 is 4.74 Å². The van der Waals surface area contributed by atoms with E-state index in [2.05, 4.69) is 18.2 Å². The van der Waals surface area contributed by atoms with Gasteiger partial charge in [-0.25, -0.2) is 0 Å². The van der Waals surface area contributed by atoms with E-state index in [1.807, 2.05) is 17.8 Å². The number of hydrogen-bond donors (Lipinski definition) is 0. The van der Waals surface area contributed by atoms with E-state index in [4.69, 9.17) is 4.74 Å². The second-order valence-electron chi connectivity index (χ2n) is 3.67. The Balaban J connectivity index is 2.13. The Morgan fingerprint density at radius 1 is 1.21 bits per heavy atom. The van der Waals surface area contributed by atoms with Gasteiger partial charge in [-0.15, -0.1) is 11.8 Å². The maximum atomic E-state index is 5.72. The summed E-state index contributed by atoms with van der Waals surface area (Å²) in [5, 5.41) is 0. The first kappa shape index (κ1) is 8.42. The highest BCUT2D eigenvalue weighted by atomic mass is 32.2. The van der Waals surface area contributed by atoms with Crippen molar-refractivity contribution in [2.45, 2.75) is 12.8 Å². The SMILES string of the molecule is c1ccc2c(c1)OCC1=C2SCCC1. The van der Waals surface area contributed by atoms with Crippen LogP contribution in [0.3, 0.4) is 0 Å². The Kier molecular flexibility index (Phi) is 2.02. The van der Waals surface area contributed by atoms with Crippen LogP contribution in [0.15, 0.2) is 29.8 Å². The van der Waals surface area contributed by atoms with Crippen LogP contribution in [-0.2, 0) is 0 Å². The predicted octanol–water partition coefficient (Wildman–Crippen LogP) is 3.32. The number of hydrogen-bond acceptors (Lipinski definition) is 2. The van der Waals surface area contributed by atoms with Crippen molar-refractivity contribution in [3.8, 4) is 5.75 Å². The number of ether oxygens (including phenoxy) is 1. The van der Waals surface area contributed by atoms with E-state index in [0.29, 0.717) is 0 Å². The Labute approximate surface area is 88.2 Å². The molecule has 1 aromatic rings. The molecule has 72 valence electrons. The second-order valence-corrected chi connectivity index (χ2v) is 4.77. The van der Waals surface area contributed by atoms with E-state index >= 15 is 0 Å². The number of fused-ring (bicyclic) bond motifs is 2. The molecular formula is C12H12OS. The topological polar surface area (TPSA) is 9.23 Å². The van der Waals surface area contributed by atoms with Crippen molar-refractivity contribution in [2.24, 2.45) is 0 Å². The minimum absolute atomic E-state index is 0.805. The third kappa shape index (κ3) is 1.25. The Bertz CT molecular complexity index is 395. The molecule has 2 heterocycles. The zero-order valence-electron chi connectivity index (χ0n) is 7.95. The normalized spacial score (nSPS) is 19.7. The zero-order valence-corrected chi connectivity index (χ0v) is 8.77. The van der Waals surface area contributed by atoms with Gasteiger partial charge in [0.15, 0.2) is 0 Å². The van der Waals surface area contributed by atoms with Crippen LogP contribution in [0.25, 0.3) is 4.91 Å². The molecule has 2 aliphatic heterocycles. The van der Waals surface area contributed by atoms with Gasteiger partial charge >= 0.3 is 0 Å².